The van der Waals surface area contributed by atoms with E-state index in [9.17, 15) is 7.77 Å². The predicted octanol–water partition coefficient (Wildman–Crippen LogP) is 9.22. The Bertz CT molecular complexity index is 231. The molecule has 0 N–H and O–H groups in total. The summed E-state index contributed by atoms with van der Waals surface area (Å²) in [6, 6.07) is 0. The zero-order valence-corrected chi connectivity index (χ0v) is 21.3. The summed E-state index contributed by atoms with van der Waals surface area (Å²) in [5.41, 5.74) is 0. The van der Waals surface area contributed by atoms with Crippen molar-refractivity contribution in [3.63, 3.8) is 0 Å². The van der Waals surface area contributed by atoms with Gasteiger partial charge in [-0.3, -0.25) is 0 Å². The molecule has 0 bridgehead atoms. The molecule has 0 atom stereocenters. The van der Waals surface area contributed by atoms with Crippen LogP contribution in [0.15, 0.2) is 0 Å². The maximum absolute atomic E-state index is 11.2. The highest BCUT2D eigenvalue weighted by Crippen LogP contribution is 2.54. The summed E-state index contributed by atoms with van der Waals surface area (Å²) in [7, 11) is 7.80. The van der Waals surface area contributed by atoms with E-state index in [2.05, 4.69) is 46.1 Å². The number of hydrogen-bond acceptors (Lipinski definition) is 10. The molecule has 2 heterocycles. The van der Waals surface area contributed by atoms with Gasteiger partial charge in [-0.05, 0) is 12.3 Å². The summed E-state index contributed by atoms with van der Waals surface area (Å²) < 4.78 is 31.0. The quantitative estimate of drug-likeness (QED) is 0.0772. The molecule has 4 nitrogen and oxygen atoms in total. The van der Waals surface area contributed by atoms with Crippen LogP contribution in [-0.4, -0.2) is 16.0 Å². The Morgan fingerprint density at radius 3 is 1.42 bits per heavy atom. The van der Waals surface area contributed by atoms with Crippen LogP contribution >= 0.6 is 68.0 Å². The second-order valence-electron chi connectivity index (χ2n) is 4.48. The number of rotatable bonds is 9. The van der Waals surface area contributed by atoms with Crippen LogP contribution in [0.2, 0.25) is 0 Å². The lowest BCUT2D eigenvalue weighted by Gasteiger charge is -2.08. The van der Waals surface area contributed by atoms with Crippen LogP contribution in [0.25, 0.3) is 0 Å². The number of hydrogen-bond donors (Lipinski definition) is 0. The van der Waals surface area contributed by atoms with E-state index in [1.807, 2.05) is 57.0 Å². The molecule has 0 saturated carbocycles. The Hall–Kier alpha value is 1.80. The summed E-state index contributed by atoms with van der Waals surface area (Å²) >= 11 is -0.959. The van der Waals surface area contributed by atoms with Crippen LogP contribution in [0.1, 0.15) is 67.7 Å². The molecule has 0 aromatic heterocycles. The predicted molar refractivity (Wildman–Crippen MR) is 122 cm³/mol. The minimum Gasteiger partial charge on any atom is -0.186 e. The van der Waals surface area contributed by atoms with Crippen LogP contribution < -0.4 is 0 Å². The van der Waals surface area contributed by atoms with Crippen LogP contribution in [-0.2, 0) is 18.4 Å². The van der Waals surface area contributed by atoms with E-state index in [4.69, 9.17) is 0 Å². The second-order valence-corrected chi connectivity index (χ2v) is 10.8. The van der Waals surface area contributed by atoms with Gasteiger partial charge in [0.05, 0.1) is 9.67 Å². The summed E-state index contributed by atoms with van der Waals surface area (Å²) in [6.07, 6.45) is 2.04. The maximum Gasteiger partial charge on any atom is 0.242 e. The Labute approximate surface area is 183 Å². The van der Waals surface area contributed by atoms with Gasteiger partial charge in [0.15, 0.2) is 0 Å². The van der Waals surface area contributed by atoms with Gasteiger partial charge in [0, 0.05) is 6.42 Å². The molecular weight excluding hydrogens is 463 g/mol. The van der Waals surface area contributed by atoms with Crippen molar-refractivity contribution in [2.75, 3.05) is 5.08 Å². The zero-order valence-electron chi connectivity index (χ0n) is 16.4. The lowest BCUT2D eigenvalue weighted by atomic mass is 10.2. The van der Waals surface area contributed by atoms with Crippen molar-refractivity contribution >= 4 is 68.0 Å². The Kier molecular flexibility index (Phi) is 36.2. The van der Waals surface area contributed by atoms with E-state index >= 15 is 0 Å². The molecule has 0 aromatic rings. The van der Waals surface area contributed by atoms with Gasteiger partial charge in [0.2, 0.25) is 31.1 Å². The van der Waals surface area contributed by atoms with Gasteiger partial charge in [-0.1, -0.05) is 98.1 Å². The SMILES string of the molecule is C1SS1.CC.CCC(C)C.CCC(OOSF)OOSF.CCC1SS1. The molecule has 162 valence electrons. The maximum atomic E-state index is 11.2. The third kappa shape index (κ3) is 40.5. The molecule has 26 heavy (non-hydrogen) atoms. The molecule has 0 spiro atoms. The molecule has 12 heteroatoms. The third-order valence-electron chi connectivity index (χ3n) is 2.18. The normalized spacial score (nSPS) is 14.0. The molecule has 2 rings (SSSR count). The van der Waals surface area contributed by atoms with Crippen molar-refractivity contribution in [1.29, 1.82) is 0 Å². The van der Waals surface area contributed by atoms with E-state index in [0.29, 0.717) is 6.42 Å². The minimum absolute atomic E-state index is 0.334. The molecule has 0 aliphatic carbocycles. The first-order valence-corrected chi connectivity index (χ1v) is 14.4. The summed E-state index contributed by atoms with van der Waals surface area (Å²) in [6.45, 7) is 14.5. The molecule has 0 unspecified atom stereocenters. The second kappa shape index (κ2) is 29.0. The van der Waals surface area contributed by atoms with Crippen LogP contribution in [0, 0.1) is 5.92 Å². The third-order valence-corrected chi connectivity index (χ3v) is 5.91. The fourth-order valence-corrected chi connectivity index (χ4v) is 2.08. The highest BCUT2D eigenvalue weighted by Gasteiger charge is 2.20. The van der Waals surface area contributed by atoms with E-state index < -0.39 is 31.1 Å². The lowest BCUT2D eigenvalue weighted by Crippen LogP contribution is -2.13. The molecule has 2 aliphatic heterocycles. The van der Waals surface area contributed by atoms with Crippen molar-refractivity contribution in [3.05, 3.63) is 0 Å². The fourth-order valence-electron chi connectivity index (χ4n) is 0.445. The van der Waals surface area contributed by atoms with Crippen molar-refractivity contribution < 1.29 is 26.2 Å². The molecule has 0 aromatic carbocycles. The standard InChI is InChI=1S/C5H12.C3H6F2O4S2.C3H6S2.C2H6.CH2S2/c1-4-5(2)3;1-2-3(6-8-10-4)7-9-11-5;1-2-3-4-5-3;1-2;1-2-3-1/h5H,4H2,1-3H3;3H,2H2,1H3;3H,2H2,1H3;1-2H3;1H2. The van der Waals surface area contributed by atoms with Crippen molar-refractivity contribution in [1.82, 2.24) is 0 Å². The zero-order chi connectivity index (χ0) is 20.6. The number of halogens is 2. The molecule has 0 radical (unpaired) electrons. The molecule has 2 saturated heterocycles. The van der Waals surface area contributed by atoms with E-state index in [1.54, 1.807) is 6.92 Å². The van der Waals surface area contributed by atoms with Crippen LogP contribution in [0.4, 0.5) is 7.77 Å². The fraction of sp³-hybridized carbons (Fsp3) is 1.00. The topological polar surface area (TPSA) is 36.9 Å². The van der Waals surface area contributed by atoms with E-state index in [1.165, 1.54) is 17.9 Å². The monoisotopic (exact) mass is 494 g/mol. The summed E-state index contributed by atoms with van der Waals surface area (Å²) in [5.74, 6) is 0.884. The highest BCUT2D eigenvalue weighted by atomic mass is 33.2. The average molecular weight is 495 g/mol. The van der Waals surface area contributed by atoms with Crippen molar-refractivity contribution in [2.24, 2.45) is 5.92 Å². The lowest BCUT2D eigenvalue weighted by molar-refractivity contribution is -0.392. The smallest absolute Gasteiger partial charge is 0.186 e. The van der Waals surface area contributed by atoms with Crippen molar-refractivity contribution in [2.45, 2.75) is 78.6 Å². The first-order valence-electron chi connectivity index (χ1n) is 8.33. The highest BCUT2D eigenvalue weighted by molar-refractivity contribution is 8.92. The molecular formula is C14H32F2O4S6. The van der Waals surface area contributed by atoms with Gasteiger partial charge >= 0.3 is 0 Å². The van der Waals surface area contributed by atoms with E-state index in [-0.39, 0.29) is 0 Å². The van der Waals surface area contributed by atoms with Crippen LogP contribution in [0.3, 0.4) is 0 Å². The van der Waals surface area contributed by atoms with Gasteiger partial charge in [0.25, 0.3) is 0 Å². The minimum atomic E-state index is -0.943. The Balaban J connectivity index is -0.000000291. The molecule has 0 amide bonds. The largest absolute Gasteiger partial charge is 0.242 e. The first-order chi connectivity index (χ1) is 12.5. The van der Waals surface area contributed by atoms with Gasteiger partial charge < -0.3 is 0 Å². The van der Waals surface area contributed by atoms with Crippen molar-refractivity contribution in [3.8, 4) is 0 Å². The first kappa shape index (κ1) is 32.5. The Morgan fingerprint density at radius 1 is 0.923 bits per heavy atom. The van der Waals surface area contributed by atoms with Gasteiger partial charge in [-0.15, -0.1) is 16.4 Å². The molecule has 2 fully saturated rings. The summed E-state index contributed by atoms with van der Waals surface area (Å²) in [5, 5.41) is 1.33. The Morgan fingerprint density at radius 2 is 1.31 bits per heavy atom. The van der Waals surface area contributed by atoms with Gasteiger partial charge in [0.1, 0.15) is 0 Å². The van der Waals surface area contributed by atoms with Gasteiger partial charge in [-0.2, -0.15) is 9.78 Å². The van der Waals surface area contributed by atoms with E-state index in [0.717, 1.165) is 10.5 Å². The van der Waals surface area contributed by atoms with Gasteiger partial charge in [-0.25, -0.2) is 0 Å². The van der Waals surface area contributed by atoms with Crippen LogP contribution in [0.5, 0.6) is 0 Å². The molecule has 2 aliphatic rings. The average Bonchev–Trinajstić information content (AvgIpc) is 3.57. The summed E-state index contributed by atoms with van der Waals surface area (Å²) in [4.78, 5) is 8.41.